The predicted octanol–water partition coefficient (Wildman–Crippen LogP) is 3.60. The van der Waals surface area contributed by atoms with Crippen LogP contribution in [0.25, 0.3) is 0 Å². The van der Waals surface area contributed by atoms with Crippen LogP contribution in [0.4, 0.5) is 4.79 Å². The number of aliphatic hydroxyl groups excluding tert-OH is 1. The van der Waals surface area contributed by atoms with Gasteiger partial charge in [-0.2, -0.15) is 0 Å². The molecule has 0 spiro atoms. The average molecular weight is 644 g/mol. The second-order valence-electron chi connectivity index (χ2n) is 11.1. The van der Waals surface area contributed by atoms with E-state index in [1.807, 2.05) is 84.9 Å². The van der Waals surface area contributed by atoms with Crippen molar-refractivity contribution < 1.29 is 38.5 Å². The monoisotopic (exact) mass is 643 g/mol. The fraction of sp³-hybridized carbons (Fsp3) is 0.333. The minimum absolute atomic E-state index is 0.0436. The second-order valence-corrected chi connectivity index (χ2v) is 11.1. The molecule has 248 valence electrons. The molecule has 1 heterocycles. The first-order valence-corrected chi connectivity index (χ1v) is 15.6. The van der Waals surface area contributed by atoms with E-state index in [2.05, 4.69) is 16.0 Å². The molecule has 0 saturated carbocycles. The summed E-state index contributed by atoms with van der Waals surface area (Å²) in [4.78, 5) is 50.8. The van der Waals surface area contributed by atoms with Crippen molar-refractivity contribution in [1.29, 1.82) is 0 Å². The fourth-order valence-corrected chi connectivity index (χ4v) is 4.89. The first-order valence-electron chi connectivity index (χ1n) is 15.6. The number of allylic oxidation sites excluding steroid dienone is 1. The van der Waals surface area contributed by atoms with Crippen molar-refractivity contribution in [2.24, 2.45) is 5.92 Å². The van der Waals surface area contributed by atoms with Gasteiger partial charge in [-0.1, -0.05) is 84.9 Å². The van der Waals surface area contributed by atoms with Crippen molar-refractivity contribution in [1.82, 2.24) is 16.0 Å². The van der Waals surface area contributed by atoms with Crippen LogP contribution in [0.2, 0.25) is 0 Å². The number of amides is 3. The van der Waals surface area contributed by atoms with Gasteiger partial charge in [-0.25, -0.2) is 9.59 Å². The minimum atomic E-state index is -0.985. The molecule has 3 unspecified atom stereocenters. The lowest BCUT2D eigenvalue weighted by atomic mass is 9.98. The Hall–Kier alpha value is -5.16. The number of hydrogen-bond donors (Lipinski definition) is 4. The van der Waals surface area contributed by atoms with E-state index in [0.29, 0.717) is 18.8 Å². The third kappa shape index (κ3) is 12.3. The van der Waals surface area contributed by atoms with Gasteiger partial charge in [0.05, 0.1) is 25.1 Å². The number of ether oxygens (including phenoxy) is 3. The molecule has 4 N–H and O–H groups in total. The van der Waals surface area contributed by atoms with E-state index < -0.39 is 30.1 Å². The van der Waals surface area contributed by atoms with Gasteiger partial charge in [0, 0.05) is 6.42 Å². The molecule has 11 heteroatoms. The summed E-state index contributed by atoms with van der Waals surface area (Å²) in [5.41, 5.74) is 2.77. The second kappa shape index (κ2) is 18.7. The van der Waals surface area contributed by atoms with Gasteiger partial charge >= 0.3 is 12.1 Å². The molecular formula is C36H41N3O8. The van der Waals surface area contributed by atoms with E-state index >= 15 is 0 Å². The molecule has 0 saturated heterocycles. The quantitative estimate of drug-likeness (QED) is 0.173. The van der Waals surface area contributed by atoms with Crippen LogP contribution in [0.3, 0.4) is 0 Å². The van der Waals surface area contributed by atoms with Crippen LogP contribution in [0, 0.1) is 5.92 Å². The summed E-state index contributed by atoms with van der Waals surface area (Å²) in [6.07, 6.45) is 3.23. The van der Waals surface area contributed by atoms with Crippen LogP contribution in [-0.4, -0.2) is 60.8 Å². The summed E-state index contributed by atoms with van der Waals surface area (Å²) < 4.78 is 16.3. The number of carbonyl (C=O) groups is 4. The summed E-state index contributed by atoms with van der Waals surface area (Å²) in [6, 6.07) is 24.9. The van der Waals surface area contributed by atoms with Crippen LogP contribution in [0.5, 0.6) is 5.75 Å². The summed E-state index contributed by atoms with van der Waals surface area (Å²) >= 11 is 0. The Balaban J connectivity index is 1.26. The third-order valence-electron chi connectivity index (χ3n) is 7.44. The van der Waals surface area contributed by atoms with E-state index in [9.17, 15) is 24.3 Å². The number of benzene rings is 3. The van der Waals surface area contributed by atoms with E-state index in [4.69, 9.17) is 14.2 Å². The van der Waals surface area contributed by atoms with Crippen molar-refractivity contribution in [2.45, 2.75) is 51.0 Å². The van der Waals surface area contributed by atoms with E-state index in [0.717, 1.165) is 16.7 Å². The van der Waals surface area contributed by atoms with Crippen molar-refractivity contribution in [2.75, 3.05) is 19.8 Å². The van der Waals surface area contributed by atoms with Crippen LogP contribution >= 0.6 is 0 Å². The number of nitrogens with one attached hydrogen (secondary N) is 3. The Morgan fingerprint density at radius 1 is 0.872 bits per heavy atom. The molecular weight excluding hydrogens is 602 g/mol. The molecule has 3 amide bonds. The van der Waals surface area contributed by atoms with Crippen LogP contribution in [0.15, 0.2) is 97.1 Å². The van der Waals surface area contributed by atoms with E-state index in [-0.39, 0.29) is 57.4 Å². The first kappa shape index (κ1) is 34.7. The summed E-state index contributed by atoms with van der Waals surface area (Å²) in [7, 11) is 0. The van der Waals surface area contributed by atoms with E-state index in [1.165, 1.54) is 0 Å². The zero-order valence-corrected chi connectivity index (χ0v) is 26.1. The van der Waals surface area contributed by atoms with Gasteiger partial charge in [0.1, 0.15) is 31.6 Å². The largest absolute Gasteiger partial charge is 0.489 e. The standard InChI is InChI=1S/C36H41N3O8/c40-23-30(21-26-15-17-31(18-16-26)46-24-27-9-3-1-4-10-27)38-33(41)22-29-13-7-8-14-32(35(43)45-20-19-37-34(29)42)39-36(44)47-25-28-11-5-2-6-12-28/h1-12,15-18,29-30,32,40H,13-14,19-25H2,(H,37,42)(H,38,41)(H,39,44). The topological polar surface area (TPSA) is 152 Å². The summed E-state index contributed by atoms with van der Waals surface area (Å²) in [6.45, 7) is 0.164. The minimum Gasteiger partial charge on any atom is -0.489 e. The highest BCUT2D eigenvalue weighted by Crippen LogP contribution is 2.16. The van der Waals surface area contributed by atoms with Crippen LogP contribution < -0.4 is 20.7 Å². The van der Waals surface area contributed by atoms with Gasteiger partial charge in [0.25, 0.3) is 0 Å². The molecule has 1 aliphatic heterocycles. The Morgan fingerprint density at radius 3 is 2.21 bits per heavy atom. The van der Waals surface area contributed by atoms with Gasteiger partial charge in [0.15, 0.2) is 0 Å². The number of cyclic esters (lactones) is 1. The third-order valence-corrected chi connectivity index (χ3v) is 7.44. The molecule has 3 aromatic carbocycles. The molecule has 0 aliphatic carbocycles. The Kier molecular flexibility index (Phi) is 13.8. The maximum Gasteiger partial charge on any atom is 0.408 e. The molecule has 0 bridgehead atoms. The van der Waals surface area contributed by atoms with Crippen molar-refractivity contribution in [3.05, 3.63) is 114 Å². The number of carbonyl (C=O) groups excluding carboxylic acids is 4. The zero-order valence-electron chi connectivity index (χ0n) is 26.1. The molecule has 3 aromatic rings. The SMILES string of the molecule is O=C(CC1CC=CCC(NC(=O)OCc2ccccc2)C(=O)OCCNC1=O)NC(CO)Cc1ccc(OCc2ccccc2)cc1. The molecule has 3 atom stereocenters. The Labute approximate surface area is 274 Å². The molecule has 47 heavy (non-hydrogen) atoms. The predicted molar refractivity (Wildman–Crippen MR) is 174 cm³/mol. The molecule has 4 rings (SSSR count). The molecule has 0 radical (unpaired) electrons. The van der Waals surface area contributed by atoms with Gasteiger partial charge in [-0.3, -0.25) is 9.59 Å². The highest BCUT2D eigenvalue weighted by atomic mass is 16.6. The maximum atomic E-state index is 13.0. The normalized spacial score (nSPS) is 17.6. The van der Waals surface area contributed by atoms with Gasteiger partial charge < -0.3 is 35.3 Å². The molecule has 0 fully saturated rings. The smallest absolute Gasteiger partial charge is 0.408 e. The van der Waals surface area contributed by atoms with Gasteiger partial charge in [-0.05, 0) is 48.1 Å². The molecule has 0 aromatic heterocycles. The average Bonchev–Trinajstić information content (AvgIpc) is 3.09. The number of esters is 1. The highest BCUT2D eigenvalue weighted by molar-refractivity contribution is 5.86. The van der Waals surface area contributed by atoms with Crippen molar-refractivity contribution >= 4 is 23.9 Å². The number of alkyl carbamates (subject to hydrolysis) is 1. The van der Waals surface area contributed by atoms with E-state index in [1.54, 1.807) is 12.2 Å². The van der Waals surface area contributed by atoms with Crippen molar-refractivity contribution in [3.8, 4) is 5.75 Å². The molecule has 11 nitrogen and oxygen atoms in total. The number of rotatable bonds is 12. The number of aliphatic hydroxyl groups is 1. The van der Waals surface area contributed by atoms with Crippen LogP contribution in [0.1, 0.15) is 36.0 Å². The van der Waals surface area contributed by atoms with Crippen molar-refractivity contribution in [3.63, 3.8) is 0 Å². The summed E-state index contributed by atoms with van der Waals surface area (Å²) in [5, 5.41) is 18.0. The highest BCUT2D eigenvalue weighted by Gasteiger charge is 2.25. The lowest BCUT2D eigenvalue weighted by molar-refractivity contribution is -0.146. The van der Waals surface area contributed by atoms with Gasteiger partial charge in [0.2, 0.25) is 11.8 Å². The fourth-order valence-electron chi connectivity index (χ4n) is 4.89. The Morgan fingerprint density at radius 2 is 1.53 bits per heavy atom. The first-order chi connectivity index (χ1) is 22.9. The lowest BCUT2D eigenvalue weighted by Gasteiger charge is -2.21. The zero-order chi connectivity index (χ0) is 33.3. The van der Waals surface area contributed by atoms with Crippen LogP contribution in [-0.2, 0) is 43.5 Å². The molecule has 1 aliphatic rings. The Bertz CT molecular complexity index is 1460. The summed E-state index contributed by atoms with van der Waals surface area (Å²) in [5.74, 6) is -1.36. The maximum absolute atomic E-state index is 13.0. The van der Waals surface area contributed by atoms with Gasteiger partial charge in [-0.15, -0.1) is 0 Å². The number of hydrogen-bond acceptors (Lipinski definition) is 8. The lowest BCUT2D eigenvalue weighted by Crippen LogP contribution is -2.43.